The molecule has 4 aromatic rings. The Labute approximate surface area is 174 Å². The molecule has 0 saturated heterocycles. The standard InChI is InChI=1S/C23H26N4O3/c1-5-20-25-26(23(29)18-13-19-17(27(18)20)8-10-30-19)9-6-7-21(28)24-22-15(3)11-14(2)12-16(22)4/h8,10-13H,5-7,9H2,1-4H3,(H,24,28). The van der Waals surface area contributed by atoms with Crippen molar-refractivity contribution in [2.24, 2.45) is 0 Å². The van der Waals surface area contributed by atoms with Crippen LogP contribution in [-0.2, 0) is 17.8 Å². The van der Waals surface area contributed by atoms with E-state index in [1.807, 2.05) is 38.2 Å². The van der Waals surface area contributed by atoms with Crippen LogP contribution in [0.5, 0.6) is 0 Å². The number of carbonyl (C=O) groups excluding carboxylic acids is 1. The first-order chi connectivity index (χ1) is 14.4. The van der Waals surface area contributed by atoms with Crippen LogP contribution in [0.4, 0.5) is 5.69 Å². The molecule has 4 rings (SSSR count). The predicted octanol–water partition coefficient (Wildman–Crippen LogP) is 4.15. The number of carbonyl (C=O) groups is 1. The molecule has 0 unspecified atom stereocenters. The summed E-state index contributed by atoms with van der Waals surface area (Å²) in [6, 6.07) is 7.71. The third kappa shape index (κ3) is 3.51. The molecule has 30 heavy (non-hydrogen) atoms. The molecule has 0 fully saturated rings. The fourth-order valence-electron chi connectivity index (χ4n) is 4.07. The predicted molar refractivity (Wildman–Crippen MR) is 117 cm³/mol. The molecular weight excluding hydrogens is 380 g/mol. The van der Waals surface area contributed by atoms with Gasteiger partial charge >= 0.3 is 0 Å². The Hall–Kier alpha value is -3.35. The zero-order chi connectivity index (χ0) is 21.4. The van der Waals surface area contributed by atoms with E-state index in [4.69, 9.17) is 4.42 Å². The van der Waals surface area contributed by atoms with Crippen LogP contribution in [0, 0.1) is 20.8 Å². The highest BCUT2D eigenvalue weighted by molar-refractivity contribution is 5.92. The maximum atomic E-state index is 12.9. The minimum atomic E-state index is -0.177. The van der Waals surface area contributed by atoms with Gasteiger partial charge in [-0.15, -0.1) is 0 Å². The molecule has 7 nitrogen and oxygen atoms in total. The Kier molecular flexibility index (Phi) is 5.20. The first kappa shape index (κ1) is 19.9. The summed E-state index contributed by atoms with van der Waals surface area (Å²) in [7, 11) is 0. The highest BCUT2D eigenvalue weighted by Gasteiger charge is 2.15. The third-order valence-electron chi connectivity index (χ3n) is 5.40. The van der Waals surface area contributed by atoms with Crippen molar-refractivity contribution in [3.8, 4) is 0 Å². The van der Waals surface area contributed by atoms with Crippen LogP contribution in [0.3, 0.4) is 0 Å². The molecule has 7 heteroatoms. The van der Waals surface area contributed by atoms with E-state index in [1.165, 1.54) is 10.2 Å². The lowest BCUT2D eigenvalue weighted by molar-refractivity contribution is -0.116. The maximum absolute atomic E-state index is 12.9. The van der Waals surface area contributed by atoms with E-state index in [0.717, 1.165) is 28.2 Å². The summed E-state index contributed by atoms with van der Waals surface area (Å²) in [6.07, 6.45) is 3.13. The molecule has 1 N–H and O–H groups in total. The molecule has 3 heterocycles. The van der Waals surface area contributed by atoms with E-state index in [1.54, 1.807) is 12.3 Å². The molecule has 0 atom stereocenters. The number of benzene rings is 1. The number of hydrogen-bond acceptors (Lipinski definition) is 4. The summed E-state index contributed by atoms with van der Waals surface area (Å²) in [5, 5.41) is 7.54. The Morgan fingerprint density at radius 1 is 1.13 bits per heavy atom. The maximum Gasteiger partial charge on any atom is 0.291 e. The minimum absolute atomic E-state index is 0.0601. The van der Waals surface area contributed by atoms with Crippen LogP contribution in [0.25, 0.3) is 16.6 Å². The van der Waals surface area contributed by atoms with Crippen LogP contribution in [0.2, 0.25) is 0 Å². The van der Waals surface area contributed by atoms with Crippen LogP contribution in [0.15, 0.2) is 39.7 Å². The number of rotatable bonds is 6. The molecule has 156 valence electrons. The summed E-state index contributed by atoms with van der Waals surface area (Å²) in [5.41, 5.74) is 6.03. The molecule has 3 aromatic heterocycles. The van der Waals surface area contributed by atoms with Crippen molar-refractivity contribution in [3.63, 3.8) is 0 Å². The normalized spacial score (nSPS) is 11.5. The lowest BCUT2D eigenvalue weighted by atomic mass is 10.0. The van der Waals surface area contributed by atoms with Gasteiger partial charge in [0, 0.05) is 37.2 Å². The van der Waals surface area contributed by atoms with Gasteiger partial charge in [-0.2, -0.15) is 5.10 Å². The lowest BCUT2D eigenvalue weighted by Crippen LogP contribution is -2.27. The van der Waals surface area contributed by atoms with Crippen molar-refractivity contribution in [2.45, 2.75) is 53.5 Å². The minimum Gasteiger partial charge on any atom is -0.463 e. The van der Waals surface area contributed by atoms with Crippen LogP contribution < -0.4 is 10.9 Å². The Balaban J connectivity index is 1.49. The Bertz CT molecular complexity index is 1290. The molecule has 0 spiro atoms. The average Bonchev–Trinajstić information content (AvgIpc) is 3.28. The number of anilines is 1. The number of fused-ring (bicyclic) bond motifs is 3. The van der Waals surface area contributed by atoms with Gasteiger partial charge in [-0.3, -0.25) is 14.0 Å². The van der Waals surface area contributed by atoms with E-state index in [2.05, 4.69) is 22.5 Å². The number of aryl methyl sites for hydroxylation is 5. The molecule has 0 aliphatic carbocycles. The van der Waals surface area contributed by atoms with Crippen molar-refractivity contribution in [3.05, 3.63) is 63.4 Å². The number of nitrogens with zero attached hydrogens (tertiary/aromatic N) is 3. The third-order valence-corrected chi connectivity index (χ3v) is 5.40. The molecule has 1 aromatic carbocycles. The van der Waals surface area contributed by atoms with Gasteiger partial charge in [0.1, 0.15) is 11.3 Å². The van der Waals surface area contributed by atoms with Gasteiger partial charge in [-0.1, -0.05) is 24.6 Å². The van der Waals surface area contributed by atoms with Crippen LogP contribution in [-0.4, -0.2) is 20.1 Å². The fourth-order valence-corrected chi connectivity index (χ4v) is 4.07. The molecular formula is C23H26N4O3. The number of hydrogen-bond donors (Lipinski definition) is 1. The number of amides is 1. The lowest BCUT2D eigenvalue weighted by Gasteiger charge is -2.13. The van der Waals surface area contributed by atoms with Gasteiger partial charge in [0.05, 0.1) is 11.8 Å². The highest BCUT2D eigenvalue weighted by Crippen LogP contribution is 2.22. The van der Waals surface area contributed by atoms with Crippen molar-refractivity contribution in [1.29, 1.82) is 0 Å². The van der Waals surface area contributed by atoms with Crippen molar-refractivity contribution >= 4 is 28.2 Å². The van der Waals surface area contributed by atoms with Crippen LogP contribution >= 0.6 is 0 Å². The Morgan fingerprint density at radius 3 is 2.57 bits per heavy atom. The van der Waals surface area contributed by atoms with Gasteiger partial charge in [0.2, 0.25) is 5.91 Å². The second-order valence-electron chi connectivity index (χ2n) is 7.76. The van der Waals surface area contributed by atoms with E-state index in [0.29, 0.717) is 36.9 Å². The van der Waals surface area contributed by atoms with Gasteiger partial charge in [-0.05, 0) is 38.3 Å². The van der Waals surface area contributed by atoms with E-state index >= 15 is 0 Å². The first-order valence-corrected chi connectivity index (χ1v) is 10.3. The zero-order valence-corrected chi connectivity index (χ0v) is 17.8. The molecule has 0 saturated carbocycles. The summed E-state index contributed by atoms with van der Waals surface area (Å²) >= 11 is 0. The van der Waals surface area contributed by atoms with Crippen molar-refractivity contribution < 1.29 is 9.21 Å². The topological polar surface area (TPSA) is 81.5 Å². The number of furan rings is 1. The van der Waals surface area contributed by atoms with Gasteiger partial charge < -0.3 is 9.73 Å². The second kappa shape index (κ2) is 7.82. The van der Waals surface area contributed by atoms with E-state index < -0.39 is 0 Å². The second-order valence-corrected chi connectivity index (χ2v) is 7.76. The summed E-state index contributed by atoms with van der Waals surface area (Å²) in [5.74, 6) is 0.728. The van der Waals surface area contributed by atoms with Crippen molar-refractivity contribution in [1.82, 2.24) is 14.2 Å². The molecule has 0 radical (unpaired) electrons. The van der Waals surface area contributed by atoms with E-state index in [-0.39, 0.29) is 11.5 Å². The van der Waals surface area contributed by atoms with Gasteiger partial charge in [0.25, 0.3) is 5.56 Å². The monoisotopic (exact) mass is 406 g/mol. The number of aromatic nitrogens is 3. The fraction of sp³-hybridized carbons (Fsp3) is 0.348. The number of nitrogens with one attached hydrogen (secondary N) is 1. The largest absolute Gasteiger partial charge is 0.463 e. The van der Waals surface area contributed by atoms with Gasteiger partial charge in [-0.25, -0.2) is 4.68 Å². The SMILES string of the molecule is CCc1nn(CCCC(=O)Nc2c(C)cc(C)cc2C)c(=O)c2cc3occc3n12. The zero-order valence-electron chi connectivity index (χ0n) is 17.8. The molecule has 0 aliphatic rings. The highest BCUT2D eigenvalue weighted by atomic mass is 16.3. The summed E-state index contributed by atoms with van der Waals surface area (Å²) in [6.45, 7) is 8.42. The average molecular weight is 406 g/mol. The van der Waals surface area contributed by atoms with Crippen LogP contribution in [0.1, 0.15) is 42.3 Å². The van der Waals surface area contributed by atoms with E-state index in [9.17, 15) is 9.59 Å². The smallest absolute Gasteiger partial charge is 0.291 e. The summed E-state index contributed by atoms with van der Waals surface area (Å²) in [4.78, 5) is 25.3. The van der Waals surface area contributed by atoms with Gasteiger partial charge in [0.15, 0.2) is 5.58 Å². The van der Waals surface area contributed by atoms with Crippen molar-refractivity contribution in [2.75, 3.05) is 5.32 Å². The quantitative estimate of drug-likeness (QED) is 0.522. The summed E-state index contributed by atoms with van der Waals surface area (Å²) < 4.78 is 8.76. The molecule has 0 aliphatic heterocycles. The first-order valence-electron chi connectivity index (χ1n) is 10.3. The molecule has 1 amide bonds. The Morgan fingerprint density at radius 2 is 1.87 bits per heavy atom. The molecule has 0 bridgehead atoms.